The first kappa shape index (κ1) is 11.9. The highest BCUT2D eigenvalue weighted by molar-refractivity contribution is 4.64. The molecule has 0 aromatic rings. The fourth-order valence-electron chi connectivity index (χ4n) is 1.01. The quantitative estimate of drug-likeness (QED) is 0.528. The molecule has 0 aliphatic carbocycles. The van der Waals surface area contributed by atoms with Gasteiger partial charge in [-0.3, -0.25) is 0 Å². The lowest BCUT2D eigenvalue weighted by Gasteiger charge is -2.15. The second kappa shape index (κ2) is 7.53. The fourth-order valence-corrected chi connectivity index (χ4v) is 1.01. The number of rotatable bonds is 7. The first-order chi connectivity index (χ1) is 5.70. The van der Waals surface area contributed by atoms with Gasteiger partial charge < -0.3 is 15.5 Å². The summed E-state index contributed by atoms with van der Waals surface area (Å²) in [6, 6.07) is 0.436. The molecule has 0 heterocycles. The van der Waals surface area contributed by atoms with Crippen LogP contribution in [-0.4, -0.2) is 35.5 Å². The molecule has 12 heavy (non-hydrogen) atoms. The molecule has 0 aliphatic heterocycles. The largest absolute Gasteiger partial charge is 0.394 e. The summed E-state index contributed by atoms with van der Waals surface area (Å²) in [7, 11) is 0. The minimum atomic E-state index is -0.617. The first-order valence-electron chi connectivity index (χ1n) is 4.73. The van der Waals surface area contributed by atoms with Gasteiger partial charge in [-0.15, -0.1) is 0 Å². The molecule has 0 radical (unpaired) electrons. The Morgan fingerprint density at radius 3 is 2.58 bits per heavy atom. The van der Waals surface area contributed by atoms with Crippen LogP contribution in [0.2, 0.25) is 0 Å². The van der Waals surface area contributed by atoms with E-state index >= 15 is 0 Å². The molecule has 0 fully saturated rings. The molecule has 0 saturated carbocycles. The third-order valence-electron chi connectivity index (χ3n) is 1.90. The average Bonchev–Trinajstić information content (AvgIpc) is 2.10. The molecule has 2 atom stereocenters. The van der Waals surface area contributed by atoms with Crippen molar-refractivity contribution in [3.63, 3.8) is 0 Å². The first-order valence-corrected chi connectivity index (χ1v) is 4.73. The van der Waals surface area contributed by atoms with Gasteiger partial charge in [-0.25, -0.2) is 0 Å². The van der Waals surface area contributed by atoms with E-state index in [2.05, 4.69) is 19.2 Å². The van der Waals surface area contributed by atoms with Crippen LogP contribution in [0.25, 0.3) is 0 Å². The maximum atomic E-state index is 9.02. The van der Waals surface area contributed by atoms with Crippen LogP contribution in [0.1, 0.15) is 33.1 Å². The summed E-state index contributed by atoms with van der Waals surface area (Å²) in [6.45, 7) is 4.59. The van der Waals surface area contributed by atoms with Crippen LogP contribution >= 0.6 is 0 Å². The van der Waals surface area contributed by atoms with Gasteiger partial charge in [0.2, 0.25) is 0 Å². The van der Waals surface area contributed by atoms with Crippen LogP contribution in [0.5, 0.6) is 0 Å². The molecule has 0 bridgehead atoms. The molecule has 0 spiro atoms. The number of hydrogen-bond donors (Lipinski definition) is 3. The Labute approximate surface area is 74.8 Å². The van der Waals surface area contributed by atoms with Gasteiger partial charge in [0.25, 0.3) is 0 Å². The zero-order valence-electron chi connectivity index (χ0n) is 8.08. The third kappa shape index (κ3) is 6.58. The van der Waals surface area contributed by atoms with Crippen LogP contribution in [-0.2, 0) is 0 Å². The summed E-state index contributed by atoms with van der Waals surface area (Å²) in [5, 5.41) is 20.7. The molecule has 3 N–H and O–H groups in total. The summed E-state index contributed by atoms with van der Waals surface area (Å²) in [5.41, 5.74) is 0. The maximum absolute atomic E-state index is 9.02. The van der Waals surface area contributed by atoms with Crippen molar-refractivity contribution < 1.29 is 10.2 Å². The van der Waals surface area contributed by atoms with Crippen LogP contribution in [0.3, 0.4) is 0 Å². The smallest absolute Gasteiger partial charge is 0.0895 e. The van der Waals surface area contributed by atoms with Crippen molar-refractivity contribution in [1.82, 2.24) is 5.32 Å². The van der Waals surface area contributed by atoms with Crippen molar-refractivity contribution in [2.24, 2.45) is 0 Å². The van der Waals surface area contributed by atoms with Crippen molar-refractivity contribution in [2.45, 2.75) is 45.3 Å². The fraction of sp³-hybridized carbons (Fsp3) is 1.00. The van der Waals surface area contributed by atoms with Crippen molar-refractivity contribution in [2.75, 3.05) is 13.2 Å². The van der Waals surface area contributed by atoms with Crippen molar-refractivity contribution in [1.29, 1.82) is 0 Å². The van der Waals surface area contributed by atoms with E-state index in [-0.39, 0.29) is 6.61 Å². The molecule has 0 aromatic heterocycles. The van der Waals surface area contributed by atoms with Crippen molar-refractivity contribution in [3.8, 4) is 0 Å². The van der Waals surface area contributed by atoms with E-state index in [1.54, 1.807) is 0 Å². The molecule has 3 nitrogen and oxygen atoms in total. The van der Waals surface area contributed by atoms with Crippen LogP contribution in [0, 0.1) is 0 Å². The SMILES string of the molecule is CCCCC(C)NC[C@H](O)CO. The Morgan fingerprint density at radius 2 is 2.08 bits per heavy atom. The Kier molecular flexibility index (Phi) is 7.45. The van der Waals surface area contributed by atoms with Gasteiger partial charge in [0.15, 0.2) is 0 Å². The Balaban J connectivity index is 3.24. The minimum absolute atomic E-state index is 0.159. The van der Waals surface area contributed by atoms with E-state index in [9.17, 15) is 0 Å². The average molecular weight is 175 g/mol. The third-order valence-corrected chi connectivity index (χ3v) is 1.90. The molecule has 74 valence electrons. The van der Waals surface area contributed by atoms with Gasteiger partial charge >= 0.3 is 0 Å². The predicted molar refractivity (Wildman–Crippen MR) is 50.1 cm³/mol. The van der Waals surface area contributed by atoms with E-state index in [0.717, 1.165) is 6.42 Å². The molecule has 0 saturated heterocycles. The van der Waals surface area contributed by atoms with E-state index in [1.807, 2.05) is 0 Å². The van der Waals surface area contributed by atoms with Crippen LogP contribution in [0.15, 0.2) is 0 Å². The summed E-state index contributed by atoms with van der Waals surface area (Å²) in [6.07, 6.45) is 2.93. The zero-order chi connectivity index (χ0) is 9.40. The second-order valence-electron chi connectivity index (χ2n) is 3.29. The van der Waals surface area contributed by atoms with E-state index in [4.69, 9.17) is 10.2 Å². The zero-order valence-corrected chi connectivity index (χ0v) is 8.08. The summed E-state index contributed by atoms with van der Waals surface area (Å²) < 4.78 is 0. The lowest BCUT2D eigenvalue weighted by atomic mass is 10.1. The minimum Gasteiger partial charge on any atom is -0.394 e. The van der Waals surface area contributed by atoms with Crippen LogP contribution < -0.4 is 5.32 Å². The standard InChI is InChI=1S/C9H21NO2/c1-3-4-5-8(2)10-6-9(12)7-11/h8-12H,3-7H2,1-2H3/t8?,9-/m0/s1. The molecular weight excluding hydrogens is 154 g/mol. The highest BCUT2D eigenvalue weighted by atomic mass is 16.3. The van der Waals surface area contributed by atoms with Gasteiger partial charge in [0.05, 0.1) is 12.7 Å². The predicted octanol–water partition coefficient (Wildman–Crippen LogP) is 0.508. The molecule has 0 aromatic carbocycles. The summed E-state index contributed by atoms with van der Waals surface area (Å²) in [5.74, 6) is 0. The lowest BCUT2D eigenvalue weighted by molar-refractivity contribution is 0.0920. The lowest BCUT2D eigenvalue weighted by Crippen LogP contribution is -2.35. The summed E-state index contributed by atoms with van der Waals surface area (Å²) in [4.78, 5) is 0. The monoisotopic (exact) mass is 175 g/mol. The molecule has 0 amide bonds. The molecule has 1 unspecified atom stereocenters. The number of aliphatic hydroxyl groups is 2. The van der Waals surface area contributed by atoms with Gasteiger partial charge in [0, 0.05) is 12.6 Å². The normalized spacial score (nSPS) is 16.0. The number of hydrogen-bond acceptors (Lipinski definition) is 3. The molecular formula is C9H21NO2. The second-order valence-corrected chi connectivity index (χ2v) is 3.29. The Morgan fingerprint density at radius 1 is 1.42 bits per heavy atom. The van der Waals surface area contributed by atoms with Gasteiger partial charge in [0.1, 0.15) is 0 Å². The maximum Gasteiger partial charge on any atom is 0.0895 e. The van der Waals surface area contributed by atoms with Gasteiger partial charge in [-0.05, 0) is 13.3 Å². The number of nitrogens with one attached hydrogen (secondary N) is 1. The molecule has 0 rings (SSSR count). The van der Waals surface area contributed by atoms with Crippen molar-refractivity contribution in [3.05, 3.63) is 0 Å². The number of unbranched alkanes of at least 4 members (excludes halogenated alkanes) is 1. The van der Waals surface area contributed by atoms with Crippen LogP contribution in [0.4, 0.5) is 0 Å². The Hall–Kier alpha value is -0.120. The van der Waals surface area contributed by atoms with E-state index in [0.29, 0.717) is 12.6 Å². The topological polar surface area (TPSA) is 52.5 Å². The van der Waals surface area contributed by atoms with Gasteiger partial charge in [-0.2, -0.15) is 0 Å². The van der Waals surface area contributed by atoms with Gasteiger partial charge in [-0.1, -0.05) is 19.8 Å². The molecule has 0 aliphatic rings. The highest BCUT2D eigenvalue weighted by Gasteiger charge is 2.04. The van der Waals surface area contributed by atoms with E-state index in [1.165, 1.54) is 12.8 Å². The molecule has 3 heteroatoms. The van der Waals surface area contributed by atoms with Crippen molar-refractivity contribution >= 4 is 0 Å². The Bertz CT molecular complexity index is 98.5. The number of aliphatic hydroxyl groups excluding tert-OH is 2. The van der Waals surface area contributed by atoms with E-state index < -0.39 is 6.10 Å². The highest BCUT2D eigenvalue weighted by Crippen LogP contribution is 1.98. The summed E-state index contributed by atoms with van der Waals surface area (Å²) >= 11 is 0.